The molecule has 0 radical (unpaired) electrons. The molecule has 1 aliphatic heterocycles. The van der Waals surface area contributed by atoms with Gasteiger partial charge in [0, 0.05) is 13.1 Å². The SMILES string of the molecule is COC(=O)C1(c2ccccc2)CCN(S(C)(=O)=O)CC1. The van der Waals surface area contributed by atoms with E-state index in [0.717, 1.165) is 5.56 Å². The minimum atomic E-state index is -3.21. The van der Waals surface area contributed by atoms with Crippen LogP contribution >= 0.6 is 0 Å². The highest BCUT2D eigenvalue weighted by molar-refractivity contribution is 7.88. The molecule has 0 unspecified atom stereocenters. The number of nitrogens with zero attached hydrogens (tertiary/aromatic N) is 1. The van der Waals surface area contributed by atoms with Gasteiger partial charge < -0.3 is 4.74 Å². The number of piperidine rings is 1. The second-order valence-corrected chi connectivity index (χ2v) is 7.08. The molecule has 1 saturated heterocycles. The number of carbonyl (C=O) groups is 1. The molecule has 0 bridgehead atoms. The van der Waals surface area contributed by atoms with Gasteiger partial charge in [-0.05, 0) is 18.4 Å². The highest BCUT2D eigenvalue weighted by Crippen LogP contribution is 2.37. The molecule has 0 amide bonds. The van der Waals surface area contributed by atoms with Crippen molar-refractivity contribution in [3.63, 3.8) is 0 Å². The third-order valence-corrected chi connectivity index (χ3v) is 5.25. The summed E-state index contributed by atoms with van der Waals surface area (Å²) in [6, 6.07) is 9.44. The Morgan fingerprint density at radius 3 is 2.20 bits per heavy atom. The topological polar surface area (TPSA) is 63.7 Å². The molecular weight excluding hydrogens is 278 g/mol. The maximum atomic E-state index is 12.3. The standard InChI is InChI=1S/C14H19NO4S/c1-19-13(16)14(12-6-4-3-5-7-12)8-10-15(11-9-14)20(2,17)18/h3-7H,8-11H2,1-2H3. The fourth-order valence-corrected chi connectivity index (χ4v) is 3.61. The monoisotopic (exact) mass is 297 g/mol. The van der Waals surface area contributed by atoms with E-state index in [1.807, 2.05) is 30.3 Å². The third-order valence-electron chi connectivity index (χ3n) is 3.95. The Labute approximate surface area is 119 Å². The summed E-state index contributed by atoms with van der Waals surface area (Å²) in [4.78, 5) is 12.3. The number of carbonyl (C=O) groups excluding carboxylic acids is 1. The minimum Gasteiger partial charge on any atom is -0.468 e. The fourth-order valence-electron chi connectivity index (χ4n) is 2.76. The Balaban J connectivity index is 2.32. The lowest BCUT2D eigenvalue weighted by Crippen LogP contribution is -2.49. The molecule has 1 aromatic carbocycles. The molecule has 110 valence electrons. The molecule has 1 fully saturated rings. The van der Waals surface area contributed by atoms with Gasteiger partial charge >= 0.3 is 5.97 Å². The molecule has 6 heteroatoms. The summed E-state index contributed by atoms with van der Waals surface area (Å²) in [5.74, 6) is -0.295. The van der Waals surface area contributed by atoms with Crippen molar-refractivity contribution in [3.8, 4) is 0 Å². The normalized spacial score (nSPS) is 19.5. The van der Waals surface area contributed by atoms with Gasteiger partial charge in [-0.25, -0.2) is 12.7 Å². The van der Waals surface area contributed by atoms with Gasteiger partial charge in [-0.1, -0.05) is 30.3 Å². The van der Waals surface area contributed by atoms with Crippen LogP contribution in [-0.2, 0) is 25.0 Å². The van der Waals surface area contributed by atoms with Crippen LogP contribution in [0.3, 0.4) is 0 Å². The summed E-state index contributed by atoms with van der Waals surface area (Å²) in [5.41, 5.74) is 0.150. The lowest BCUT2D eigenvalue weighted by atomic mass is 9.73. The summed E-state index contributed by atoms with van der Waals surface area (Å²) in [7, 11) is -1.84. The maximum absolute atomic E-state index is 12.3. The average Bonchev–Trinajstić information content (AvgIpc) is 2.46. The smallest absolute Gasteiger partial charge is 0.316 e. The number of hydrogen-bond acceptors (Lipinski definition) is 4. The Morgan fingerprint density at radius 2 is 1.75 bits per heavy atom. The summed E-state index contributed by atoms with van der Waals surface area (Å²) in [5, 5.41) is 0. The molecule has 0 spiro atoms. The molecule has 20 heavy (non-hydrogen) atoms. The zero-order valence-corrected chi connectivity index (χ0v) is 12.5. The van der Waals surface area contributed by atoms with Crippen molar-refractivity contribution in [2.24, 2.45) is 0 Å². The molecular formula is C14H19NO4S. The Kier molecular flexibility index (Phi) is 4.15. The molecule has 0 aliphatic carbocycles. The zero-order valence-electron chi connectivity index (χ0n) is 11.7. The van der Waals surface area contributed by atoms with Gasteiger partial charge in [-0.3, -0.25) is 4.79 Å². The van der Waals surface area contributed by atoms with E-state index in [1.54, 1.807) is 0 Å². The van der Waals surface area contributed by atoms with E-state index in [2.05, 4.69) is 0 Å². The molecule has 1 aliphatic rings. The highest BCUT2D eigenvalue weighted by atomic mass is 32.2. The van der Waals surface area contributed by atoms with Gasteiger partial charge in [0.2, 0.25) is 10.0 Å². The summed E-state index contributed by atoms with van der Waals surface area (Å²) < 4.78 is 29.5. The van der Waals surface area contributed by atoms with Crippen LogP contribution in [0.5, 0.6) is 0 Å². The number of methoxy groups -OCH3 is 1. The molecule has 5 nitrogen and oxygen atoms in total. The van der Waals surface area contributed by atoms with Gasteiger partial charge in [-0.15, -0.1) is 0 Å². The molecule has 1 aromatic rings. The lowest BCUT2D eigenvalue weighted by molar-refractivity contribution is -0.149. The molecule has 2 rings (SSSR count). The van der Waals surface area contributed by atoms with E-state index >= 15 is 0 Å². The van der Waals surface area contributed by atoms with Gasteiger partial charge in [0.25, 0.3) is 0 Å². The van der Waals surface area contributed by atoms with Crippen molar-refractivity contribution in [2.75, 3.05) is 26.5 Å². The van der Waals surface area contributed by atoms with Crippen LogP contribution in [0.4, 0.5) is 0 Å². The quantitative estimate of drug-likeness (QED) is 0.785. The largest absolute Gasteiger partial charge is 0.468 e. The van der Waals surface area contributed by atoms with E-state index in [1.165, 1.54) is 17.7 Å². The van der Waals surface area contributed by atoms with E-state index in [4.69, 9.17) is 4.74 Å². The van der Waals surface area contributed by atoms with Crippen LogP contribution in [0.15, 0.2) is 30.3 Å². The summed E-state index contributed by atoms with van der Waals surface area (Å²) in [6.07, 6.45) is 2.08. The number of sulfonamides is 1. The van der Waals surface area contributed by atoms with Crippen molar-refractivity contribution < 1.29 is 17.9 Å². The van der Waals surface area contributed by atoms with Gasteiger partial charge in [0.1, 0.15) is 0 Å². The Bertz CT molecular complexity index is 574. The minimum absolute atomic E-state index is 0.295. The van der Waals surface area contributed by atoms with Crippen molar-refractivity contribution in [2.45, 2.75) is 18.3 Å². The van der Waals surface area contributed by atoms with E-state index < -0.39 is 15.4 Å². The van der Waals surface area contributed by atoms with Gasteiger partial charge in [0.15, 0.2) is 0 Å². The summed E-state index contributed by atoms with van der Waals surface area (Å²) in [6.45, 7) is 0.672. The fraction of sp³-hybridized carbons (Fsp3) is 0.500. The second kappa shape index (κ2) is 5.54. The zero-order chi connectivity index (χ0) is 14.8. The van der Waals surface area contributed by atoms with Gasteiger partial charge in [0.05, 0.1) is 18.8 Å². The number of rotatable bonds is 3. The third kappa shape index (κ3) is 2.71. The lowest BCUT2D eigenvalue weighted by Gasteiger charge is -2.39. The van der Waals surface area contributed by atoms with Crippen LogP contribution in [0.2, 0.25) is 0 Å². The number of benzene rings is 1. The first-order chi connectivity index (χ1) is 9.40. The van der Waals surface area contributed by atoms with Crippen molar-refractivity contribution >= 4 is 16.0 Å². The van der Waals surface area contributed by atoms with Crippen molar-refractivity contribution in [3.05, 3.63) is 35.9 Å². The van der Waals surface area contributed by atoms with E-state index in [-0.39, 0.29) is 5.97 Å². The first-order valence-corrected chi connectivity index (χ1v) is 8.34. The highest BCUT2D eigenvalue weighted by Gasteiger charge is 2.45. The van der Waals surface area contributed by atoms with E-state index in [9.17, 15) is 13.2 Å². The van der Waals surface area contributed by atoms with Crippen LogP contribution in [0.25, 0.3) is 0 Å². The molecule has 0 N–H and O–H groups in total. The number of ether oxygens (including phenoxy) is 1. The predicted octanol–water partition coefficient (Wildman–Crippen LogP) is 1.15. The molecule has 0 aromatic heterocycles. The maximum Gasteiger partial charge on any atom is 0.316 e. The van der Waals surface area contributed by atoms with E-state index in [0.29, 0.717) is 25.9 Å². The second-order valence-electron chi connectivity index (χ2n) is 5.10. The molecule has 0 saturated carbocycles. The average molecular weight is 297 g/mol. The predicted molar refractivity (Wildman–Crippen MR) is 75.8 cm³/mol. The van der Waals surface area contributed by atoms with Crippen molar-refractivity contribution in [1.29, 1.82) is 0 Å². The van der Waals surface area contributed by atoms with Crippen LogP contribution < -0.4 is 0 Å². The van der Waals surface area contributed by atoms with Crippen LogP contribution in [-0.4, -0.2) is 45.1 Å². The Morgan fingerprint density at radius 1 is 1.20 bits per heavy atom. The number of hydrogen-bond donors (Lipinski definition) is 0. The van der Waals surface area contributed by atoms with Crippen LogP contribution in [0, 0.1) is 0 Å². The Hall–Kier alpha value is -1.40. The van der Waals surface area contributed by atoms with Crippen molar-refractivity contribution in [1.82, 2.24) is 4.31 Å². The van der Waals surface area contributed by atoms with Crippen LogP contribution in [0.1, 0.15) is 18.4 Å². The summed E-state index contributed by atoms with van der Waals surface area (Å²) >= 11 is 0. The number of esters is 1. The van der Waals surface area contributed by atoms with Gasteiger partial charge in [-0.2, -0.15) is 0 Å². The first-order valence-electron chi connectivity index (χ1n) is 6.49. The first kappa shape index (κ1) is 15.0. The molecule has 0 atom stereocenters. The molecule has 1 heterocycles.